The summed E-state index contributed by atoms with van der Waals surface area (Å²) in [5.41, 5.74) is -3.95. The molecule has 2 aliphatic carbocycles. The third-order valence-electron chi connectivity index (χ3n) is 12.2. The molecule has 2 saturated carbocycles. The maximum atomic E-state index is 15.1. The first-order chi connectivity index (χ1) is 27.6. The van der Waals surface area contributed by atoms with Crippen molar-refractivity contribution in [2.45, 2.75) is 119 Å². The third-order valence-corrected chi connectivity index (χ3v) is 14.3. The fraction of sp³-hybridized carbons (Fsp3) is 0.625. The van der Waals surface area contributed by atoms with Gasteiger partial charge in [-0.25, -0.2) is 22.6 Å². The number of ether oxygens (including phenoxy) is 2. The summed E-state index contributed by atoms with van der Waals surface area (Å²) in [6, 6.07) is 3.85. The highest BCUT2D eigenvalue weighted by Gasteiger charge is 2.64. The number of carboxylic acid groups (broad SMARTS) is 1. The Kier molecular flexibility index (Phi) is 11.9. The third kappa shape index (κ3) is 8.80. The first-order valence-corrected chi connectivity index (χ1v) is 21.2. The second-order valence-electron chi connectivity index (χ2n) is 17.2. The molecule has 19 heteroatoms. The van der Waals surface area contributed by atoms with Gasteiger partial charge in [0.2, 0.25) is 27.7 Å². The second-order valence-corrected chi connectivity index (χ2v) is 19.3. The van der Waals surface area contributed by atoms with Gasteiger partial charge in [-0.1, -0.05) is 44.2 Å². The predicted octanol–water partition coefficient (Wildman–Crippen LogP) is 5.51. The van der Waals surface area contributed by atoms with Gasteiger partial charge in [0, 0.05) is 23.1 Å². The fourth-order valence-corrected chi connectivity index (χ4v) is 10.2. The van der Waals surface area contributed by atoms with Crippen molar-refractivity contribution in [1.29, 1.82) is 0 Å². The van der Waals surface area contributed by atoms with Crippen LogP contribution in [0.5, 0.6) is 11.6 Å². The van der Waals surface area contributed by atoms with Gasteiger partial charge in [-0.3, -0.25) is 24.0 Å². The largest absolute Gasteiger partial charge is 0.494 e. The lowest BCUT2D eigenvalue weighted by atomic mass is 9.84. The van der Waals surface area contributed by atoms with Gasteiger partial charge in [0.1, 0.15) is 40.9 Å². The lowest BCUT2D eigenvalue weighted by Gasteiger charge is -2.45. The minimum atomic E-state index is -4.81. The number of carbonyl (C=O) groups excluding carboxylic acids is 3. The number of amides is 4. The molecule has 14 nitrogen and oxygen atoms in total. The van der Waals surface area contributed by atoms with E-state index < -0.39 is 99.0 Å². The zero-order valence-electron chi connectivity index (χ0n) is 33.6. The Morgan fingerprint density at radius 2 is 1.80 bits per heavy atom. The molecule has 3 heterocycles. The zero-order valence-corrected chi connectivity index (χ0v) is 34.4. The first kappa shape index (κ1) is 43.9. The lowest BCUT2D eigenvalue weighted by molar-refractivity contribution is -0.166. The van der Waals surface area contributed by atoms with Crippen LogP contribution < -0.4 is 19.5 Å². The molecule has 2 aliphatic heterocycles. The molecule has 4 amide bonds. The van der Waals surface area contributed by atoms with E-state index in [1.807, 2.05) is 11.6 Å². The van der Waals surface area contributed by atoms with E-state index in [4.69, 9.17) is 9.47 Å². The lowest BCUT2D eigenvalue weighted by Crippen LogP contribution is -2.63. The molecule has 3 N–H and O–H groups in total. The molecule has 1 aromatic carbocycles. The van der Waals surface area contributed by atoms with Gasteiger partial charge in [0.15, 0.2) is 0 Å². The van der Waals surface area contributed by atoms with Crippen molar-refractivity contribution in [2.24, 2.45) is 17.8 Å². The van der Waals surface area contributed by atoms with E-state index in [-0.39, 0.29) is 50.4 Å². The van der Waals surface area contributed by atoms with Crippen LogP contribution >= 0.6 is 0 Å². The number of carbonyl (C=O) groups is 4. The normalized spacial score (nSPS) is 28.7. The van der Waals surface area contributed by atoms with Gasteiger partial charge >= 0.3 is 12.3 Å². The molecular weight excluding hydrogens is 803 g/mol. The number of nitrogens with one attached hydrogen (secondary N) is 2. The molecule has 2 aromatic rings. The number of aromatic nitrogens is 1. The van der Waals surface area contributed by atoms with E-state index >= 15 is 4.79 Å². The molecule has 7 atom stereocenters. The molecule has 4 aliphatic rings. The second kappa shape index (κ2) is 16.1. The monoisotopic (exact) mass is 853 g/mol. The Morgan fingerprint density at radius 3 is 2.41 bits per heavy atom. The summed E-state index contributed by atoms with van der Waals surface area (Å²) in [4.78, 5) is 62.7. The van der Waals surface area contributed by atoms with E-state index in [2.05, 4.69) is 10.3 Å². The molecule has 1 aromatic heterocycles. The maximum absolute atomic E-state index is 15.1. The summed E-state index contributed by atoms with van der Waals surface area (Å²) in [6.07, 6.45) is -3.24. The van der Waals surface area contributed by atoms with E-state index in [9.17, 15) is 45.5 Å². The minimum Gasteiger partial charge on any atom is -0.494 e. The number of hydrogen-bond donors (Lipinski definition) is 3. The number of sulfonamides is 1. The molecule has 6 rings (SSSR count). The molecule has 59 heavy (non-hydrogen) atoms. The Labute approximate surface area is 340 Å². The van der Waals surface area contributed by atoms with Crippen molar-refractivity contribution in [2.75, 3.05) is 20.3 Å². The van der Waals surface area contributed by atoms with Crippen molar-refractivity contribution in [3.05, 3.63) is 42.6 Å². The Bertz CT molecular complexity index is 2110. The quantitative estimate of drug-likeness (QED) is 0.204. The minimum absolute atomic E-state index is 0.0125. The van der Waals surface area contributed by atoms with E-state index in [1.54, 1.807) is 43.3 Å². The molecule has 3 fully saturated rings. The highest BCUT2D eigenvalue weighted by molar-refractivity contribution is 7.91. The van der Waals surface area contributed by atoms with Crippen LogP contribution in [0.2, 0.25) is 0 Å². The van der Waals surface area contributed by atoms with Gasteiger partial charge in [-0.2, -0.15) is 13.2 Å². The average molecular weight is 854 g/mol. The molecule has 0 unspecified atom stereocenters. The summed E-state index contributed by atoms with van der Waals surface area (Å²) in [5.74, 6) is -4.04. The molecular formula is C40H51F4N5O9S. The van der Waals surface area contributed by atoms with Crippen LogP contribution in [-0.2, 0) is 24.4 Å². The Morgan fingerprint density at radius 1 is 1.12 bits per heavy atom. The topological polar surface area (TPSA) is 185 Å². The van der Waals surface area contributed by atoms with Gasteiger partial charge in [-0.15, -0.1) is 0 Å². The summed E-state index contributed by atoms with van der Waals surface area (Å²) >= 11 is 0. The maximum Gasteiger partial charge on any atom is 0.408 e. The van der Waals surface area contributed by atoms with Crippen molar-refractivity contribution < 1.29 is 59.7 Å². The van der Waals surface area contributed by atoms with Crippen LogP contribution in [0.1, 0.15) is 79.1 Å². The number of alkyl halides is 4. The number of benzene rings is 1. The SMILES string of the molecule is COc1cnc(O[C@@H]2C[C@H]3C(=O)N[C@]4(C(=O)NS(=O)(=O)C5(CF)CC5)C[C@H]4C=CCC[C@H](C)C[C@@H](C)[C@H](N(C(=O)O)C(C)(C)CC(F)(F)F)C(=O)N3C2)c2ccccc12. The number of fused-ring (bicyclic) bond motifs is 3. The van der Waals surface area contributed by atoms with Gasteiger partial charge in [-0.05, 0) is 70.3 Å². The van der Waals surface area contributed by atoms with Gasteiger partial charge in [0.25, 0.3) is 5.91 Å². The molecule has 1 saturated heterocycles. The number of methoxy groups -OCH3 is 1. The highest BCUT2D eigenvalue weighted by atomic mass is 32.2. The smallest absolute Gasteiger partial charge is 0.408 e. The molecule has 0 bridgehead atoms. The summed E-state index contributed by atoms with van der Waals surface area (Å²) in [7, 11) is -3.02. The summed E-state index contributed by atoms with van der Waals surface area (Å²) in [5, 5.41) is 14.5. The number of allylic oxidation sites excluding steroid dienone is 1. The van der Waals surface area contributed by atoms with Crippen molar-refractivity contribution in [1.82, 2.24) is 24.8 Å². The van der Waals surface area contributed by atoms with E-state index in [1.165, 1.54) is 13.3 Å². The number of hydrogen-bond acceptors (Lipinski definition) is 9. The summed E-state index contributed by atoms with van der Waals surface area (Å²) in [6.45, 7) is 4.11. The fourth-order valence-electron chi connectivity index (χ4n) is 8.78. The summed E-state index contributed by atoms with van der Waals surface area (Å²) < 4.78 is 94.3. The van der Waals surface area contributed by atoms with Crippen molar-refractivity contribution in [3.63, 3.8) is 0 Å². The van der Waals surface area contributed by atoms with E-state index in [0.717, 1.165) is 18.7 Å². The van der Waals surface area contributed by atoms with Gasteiger partial charge in [0.05, 0.1) is 31.8 Å². The molecule has 324 valence electrons. The van der Waals surface area contributed by atoms with Gasteiger partial charge < -0.3 is 24.8 Å². The van der Waals surface area contributed by atoms with E-state index in [0.29, 0.717) is 34.3 Å². The number of pyridine rings is 1. The van der Waals surface area contributed by atoms with Crippen LogP contribution in [-0.4, -0.2) is 113 Å². The number of nitrogens with zero attached hydrogens (tertiary/aromatic N) is 3. The number of rotatable bonds is 10. The van der Waals surface area contributed by atoms with Crippen molar-refractivity contribution >= 4 is 44.6 Å². The molecule has 0 radical (unpaired) electrons. The first-order valence-electron chi connectivity index (χ1n) is 19.7. The number of halogens is 4. The van der Waals surface area contributed by atoms with Crippen LogP contribution in [0.25, 0.3) is 10.8 Å². The van der Waals surface area contributed by atoms with Crippen LogP contribution in [0, 0.1) is 17.8 Å². The molecule has 0 spiro atoms. The Balaban J connectivity index is 1.42. The van der Waals surface area contributed by atoms with Crippen LogP contribution in [0.4, 0.5) is 22.4 Å². The average Bonchev–Trinajstić information content (AvgIpc) is 4.05. The highest BCUT2D eigenvalue weighted by Crippen LogP contribution is 2.48. The Hall–Kier alpha value is -4.68. The standard InChI is InChI=1S/C40H51F4N5O9S/c1-23-10-6-7-11-25-18-39(25,35(52)47-59(55,56)38(22-41)14-15-38)46-32(50)29-17-26(58-33-28-13-9-8-12-27(28)30(57-5)19-45-33)20-48(29)34(51)31(24(2)16-23)49(36(53)54)37(3,4)21-40(42,43)44/h7-9,11-13,19,23-26,29,31H,6,10,14-18,20-22H2,1-5H3,(H,46,50)(H,47,52)(H,53,54)/t23-,24+,25+,26+,29-,31-,39+/m0/s1. The zero-order chi connectivity index (χ0) is 43.3. The van der Waals surface area contributed by atoms with Crippen molar-refractivity contribution in [3.8, 4) is 11.6 Å². The predicted molar refractivity (Wildman–Crippen MR) is 207 cm³/mol. The van der Waals surface area contributed by atoms with Crippen LogP contribution in [0.15, 0.2) is 42.6 Å². The van der Waals surface area contributed by atoms with Crippen LogP contribution in [0.3, 0.4) is 0 Å².